The van der Waals surface area contributed by atoms with Crippen molar-refractivity contribution in [1.82, 2.24) is 4.98 Å². The SMILES string of the molecule is Cc1ncccc1NS(=O)(=O)c1cc(N)cc(Cl)c1F. The van der Waals surface area contributed by atoms with E-state index in [-0.39, 0.29) is 16.4 Å². The summed E-state index contributed by atoms with van der Waals surface area (Å²) in [4.78, 5) is 3.34. The number of benzene rings is 1. The van der Waals surface area contributed by atoms with Crippen LogP contribution < -0.4 is 10.5 Å². The topological polar surface area (TPSA) is 85.1 Å². The Kier molecular flexibility index (Phi) is 3.82. The number of nitrogens with one attached hydrogen (secondary N) is 1. The maximum absolute atomic E-state index is 13.9. The molecule has 0 amide bonds. The largest absolute Gasteiger partial charge is 0.399 e. The minimum absolute atomic E-state index is 0.0553. The van der Waals surface area contributed by atoms with E-state index in [1.807, 2.05) is 0 Å². The maximum Gasteiger partial charge on any atom is 0.265 e. The van der Waals surface area contributed by atoms with Crippen molar-refractivity contribution in [2.75, 3.05) is 10.5 Å². The van der Waals surface area contributed by atoms with Gasteiger partial charge in [-0.05, 0) is 31.2 Å². The van der Waals surface area contributed by atoms with Crippen molar-refractivity contribution in [2.45, 2.75) is 11.8 Å². The number of nitrogens with zero attached hydrogens (tertiary/aromatic N) is 1. The monoisotopic (exact) mass is 315 g/mol. The highest BCUT2D eigenvalue weighted by Gasteiger charge is 2.22. The van der Waals surface area contributed by atoms with Crippen LogP contribution in [0.2, 0.25) is 5.02 Å². The molecule has 0 bridgehead atoms. The molecule has 0 fully saturated rings. The standard InChI is InChI=1S/C12H11ClFN3O2S/c1-7-10(3-2-4-16-7)17-20(18,19)11-6-8(15)5-9(13)12(11)14/h2-6,17H,15H2,1H3. The van der Waals surface area contributed by atoms with Crippen LogP contribution in [0.1, 0.15) is 5.69 Å². The van der Waals surface area contributed by atoms with Crippen LogP contribution >= 0.6 is 11.6 Å². The van der Waals surface area contributed by atoms with Crippen molar-refractivity contribution in [3.05, 3.63) is 47.0 Å². The van der Waals surface area contributed by atoms with Crippen LogP contribution in [0.5, 0.6) is 0 Å². The molecule has 2 rings (SSSR count). The Labute approximate surface area is 120 Å². The molecule has 2 aromatic rings. The summed E-state index contributed by atoms with van der Waals surface area (Å²) in [5.74, 6) is -1.05. The Bertz CT molecular complexity index is 765. The highest BCUT2D eigenvalue weighted by molar-refractivity contribution is 7.92. The molecule has 106 valence electrons. The second-order valence-corrected chi connectivity index (χ2v) is 6.11. The average molecular weight is 316 g/mol. The summed E-state index contributed by atoms with van der Waals surface area (Å²) in [6.07, 6.45) is 1.52. The molecular weight excluding hydrogens is 305 g/mol. The van der Waals surface area contributed by atoms with E-state index in [1.165, 1.54) is 12.3 Å². The number of anilines is 2. The van der Waals surface area contributed by atoms with Crippen molar-refractivity contribution in [3.8, 4) is 0 Å². The lowest BCUT2D eigenvalue weighted by atomic mass is 10.3. The third-order valence-corrected chi connectivity index (χ3v) is 4.20. The molecule has 0 aliphatic carbocycles. The van der Waals surface area contributed by atoms with E-state index in [2.05, 4.69) is 9.71 Å². The molecule has 1 aromatic heterocycles. The molecule has 0 aliphatic heterocycles. The average Bonchev–Trinajstić information content (AvgIpc) is 2.36. The maximum atomic E-state index is 13.9. The van der Waals surface area contributed by atoms with Gasteiger partial charge in [0.05, 0.1) is 16.4 Å². The fraction of sp³-hybridized carbons (Fsp3) is 0.0833. The van der Waals surface area contributed by atoms with Crippen LogP contribution in [0.15, 0.2) is 35.4 Å². The van der Waals surface area contributed by atoms with E-state index >= 15 is 0 Å². The summed E-state index contributed by atoms with van der Waals surface area (Å²) < 4.78 is 40.5. The van der Waals surface area contributed by atoms with Crippen LogP contribution in [0.4, 0.5) is 15.8 Å². The number of nitrogen functional groups attached to an aromatic ring is 1. The van der Waals surface area contributed by atoms with E-state index in [1.54, 1.807) is 13.0 Å². The number of aryl methyl sites for hydroxylation is 1. The van der Waals surface area contributed by atoms with Gasteiger partial charge in [0.2, 0.25) is 0 Å². The van der Waals surface area contributed by atoms with Gasteiger partial charge in [-0.3, -0.25) is 9.71 Å². The number of nitrogens with two attached hydrogens (primary N) is 1. The van der Waals surface area contributed by atoms with E-state index < -0.39 is 20.7 Å². The highest BCUT2D eigenvalue weighted by atomic mass is 35.5. The third kappa shape index (κ3) is 2.83. The minimum atomic E-state index is -4.14. The number of hydrogen-bond acceptors (Lipinski definition) is 4. The van der Waals surface area contributed by atoms with Gasteiger partial charge < -0.3 is 5.73 Å². The summed E-state index contributed by atoms with van der Waals surface area (Å²) in [7, 11) is -4.14. The molecule has 5 nitrogen and oxygen atoms in total. The summed E-state index contributed by atoms with van der Waals surface area (Å²) in [5, 5.41) is -0.353. The molecule has 3 N–H and O–H groups in total. The lowest BCUT2D eigenvalue weighted by molar-refractivity contribution is 0.571. The first-order valence-electron chi connectivity index (χ1n) is 5.50. The molecule has 0 atom stereocenters. The Balaban J connectivity index is 2.49. The minimum Gasteiger partial charge on any atom is -0.399 e. The van der Waals surface area contributed by atoms with Crippen molar-refractivity contribution in [2.24, 2.45) is 0 Å². The van der Waals surface area contributed by atoms with E-state index in [0.29, 0.717) is 5.69 Å². The molecule has 0 aliphatic rings. The van der Waals surface area contributed by atoms with Gasteiger partial charge in [0.15, 0.2) is 5.82 Å². The van der Waals surface area contributed by atoms with Gasteiger partial charge in [-0.15, -0.1) is 0 Å². The predicted octanol–water partition coefficient (Wildman–Crippen LogP) is 2.57. The summed E-state index contributed by atoms with van der Waals surface area (Å²) in [6, 6.07) is 5.24. The summed E-state index contributed by atoms with van der Waals surface area (Å²) in [5.41, 5.74) is 6.27. The lowest BCUT2D eigenvalue weighted by Gasteiger charge is -2.11. The molecule has 1 heterocycles. The first kappa shape index (κ1) is 14.5. The number of halogens is 2. The smallest absolute Gasteiger partial charge is 0.265 e. The molecule has 0 saturated heterocycles. The van der Waals surface area contributed by atoms with E-state index in [4.69, 9.17) is 17.3 Å². The van der Waals surface area contributed by atoms with Crippen molar-refractivity contribution in [1.29, 1.82) is 0 Å². The Hall–Kier alpha value is -1.86. The fourth-order valence-electron chi connectivity index (χ4n) is 1.57. The molecule has 0 radical (unpaired) electrons. The van der Waals surface area contributed by atoms with Crippen LogP contribution in [-0.2, 0) is 10.0 Å². The number of hydrogen-bond donors (Lipinski definition) is 2. The first-order chi connectivity index (χ1) is 9.31. The van der Waals surface area contributed by atoms with Gasteiger partial charge in [0.25, 0.3) is 10.0 Å². The van der Waals surface area contributed by atoms with Gasteiger partial charge >= 0.3 is 0 Å². The van der Waals surface area contributed by atoms with E-state index in [0.717, 1.165) is 12.1 Å². The number of rotatable bonds is 3. The van der Waals surface area contributed by atoms with Gasteiger partial charge in [-0.1, -0.05) is 11.6 Å². The molecule has 0 unspecified atom stereocenters. The Morgan fingerprint density at radius 1 is 1.40 bits per heavy atom. The number of sulfonamides is 1. The Morgan fingerprint density at radius 3 is 2.75 bits per heavy atom. The van der Waals surface area contributed by atoms with Gasteiger partial charge in [-0.25, -0.2) is 12.8 Å². The number of aromatic nitrogens is 1. The molecule has 1 aromatic carbocycles. The zero-order valence-electron chi connectivity index (χ0n) is 10.4. The molecule has 8 heteroatoms. The Morgan fingerprint density at radius 2 is 2.10 bits per heavy atom. The van der Waals surface area contributed by atoms with Crippen molar-refractivity contribution < 1.29 is 12.8 Å². The van der Waals surface area contributed by atoms with Crippen molar-refractivity contribution >= 4 is 33.0 Å². The molecule has 0 saturated carbocycles. The summed E-state index contributed by atoms with van der Waals surface area (Å²) in [6.45, 7) is 1.63. The molecule has 20 heavy (non-hydrogen) atoms. The van der Waals surface area contributed by atoms with Crippen LogP contribution in [0.3, 0.4) is 0 Å². The zero-order chi connectivity index (χ0) is 14.9. The number of pyridine rings is 1. The van der Waals surface area contributed by atoms with Crippen LogP contribution in [0, 0.1) is 12.7 Å². The van der Waals surface area contributed by atoms with E-state index in [9.17, 15) is 12.8 Å². The quantitative estimate of drug-likeness (QED) is 0.852. The third-order valence-electron chi connectivity index (χ3n) is 2.56. The fourth-order valence-corrected chi connectivity index (χ4v) is 3.11. The van der Waals surface area contributed by atoms with Gasteiger partial charge in [0.1, 0.15) is 4.90 Å². The normalized spacial score (nSPS) is 11.3. The van der Waals surface area contributed by atoms with Gasteiger partial charge in [0, 0.05) is 11.9 Å². The lowest BCUT2D eigenvalue weighted by Crippen LogP contribution is -2.16. The van der Waals surface area contributed by atoms with Crippen molar-refractivity contribution in [3.63, 3.8) is 0 Å². The first-order valence-corrected chi connectivity index (χ1v) is 7.36. The molecular formula is C12H11ClFN3O2S. The second-order valence-electron chi connectivity index (χ2n) is 4.06. The molecule has 0 spiro atoms. The zero-order valence-corrected chi connectivity index (χ0v) is 12.0. The van der Waals surface area contributed by atoms with Crippen LogP contribution in [-0.4, -0.2) is 13.4 Å². The second kappa shape index (κ2) is 5.26. The summed E-state index contributed by atoms with van der Waals surface area (Å²) >= 11 is 5.60. The predicted molar refractivity (Wildman–Crippen MR) is 75.6 cm³/mol. The van der Waals surface area contributed by atoms with Gasteiger partial charge in [-0.2, -0.15) is 0 Å². The van der Waals surface area contributed by atoms with Crippen LogP contribution in [0.25, 0.3) is 0 Å². The highest BCUT2D eigenvalue weighted by Crippen LogP contribution is 2.27.